The zero-order valence-electron chi connectivity index (χ0n) is 12.8. The van der Waals surface area contributed by atoms with E-state index >= 15 is 0 Å². The van der Waals surface area contributed by atoms with Gasteiger partial charge in [-0.05, 0) is 24.3 Å². The van der Waals surface area contributed by atoms with E-state index < -0.39 is 0 Å². The minimum Gasteiger partial charge on any atom is -0.324 e. The van der Waals surface area contributed by atoms with Gasteiger partial charge < -0.3 is 4.57 Å². The van der Waals surface area contributed by atoms with Crippen LogP contribution in [-0.2, 0) is 13.0 Å². The SMILES string of the molecule is c1ccc(-c2nc3ccccc3n2CCc2ccccn2)cc1. The number of imidazole rings is 1. The van der Waals surface area contributed by atoms with Gasteiger partial charge in [0.1, 0.15) is 5.82 Å². The summed E-state index contributed by atoms with van der Waals surface area (Å²) >= 11 is 0. The first-order chi connectivity index (χ1) is 11.4. The Labute approximate surface area is 135 Å². The summed E-state index contributed by atoms with van der Waals surface area (Å²) in [6.45, 7) is 0.863. The quantitative estimate of drug-likeness (QED) is 0.561. The van der Waals surface area contributed by atoms with Gasteiger partial charge in [0.15, 0.2) is 0 Å². The lowest BCUT2D eigenvalue weighted by Crippen LogP contribution is -2.04. The van der Waals surface area contributed by atoms with Gasteiger partial charge in [-0.15, -0.1) is 0 Å². The van der Waals surface area contributed by atoms with Gasteiger partial charge in [0.25, 0.3) is 0 Å². The summed E-state index contributed by atoms with van der Waals surface area (Å²) in [5, 5.41) is 0. The van der Waals surface area contributed by atoms with Crippen LogP contribution in [0, 0.1) is 0 Å². The summed E-state index contributed by atoms with van der Waals surface area (Å²) in [6, 6.07) is 24.7. The monoisotopic (exact) mass is 299 g/mol. The molecule has 0 N–H and O–H groups in total. The standard InChI is InChI=1S/C20H17N3/c1-2-8-16(9-3-1)20-22-18-11-4-5-12-19(18)23(20)15-13-17-10-6-7-14-21-17/h1-12,14H,13,15H2. The number of nitrogens with zero attached hydrogens (tertiary/aromatic N) is 3. The van der Waals surface area contributed by atoms with Gasteiger partial charge in [0, 0.05) is 30.4 Å². The Hall–Kier alpha value is -2.94. The second-order valence-electron chi connectivity index (χ2n) is 5.51. The molecule has 3 nitrogen and oxygen atoms in total. The highest BCUT2D eigenvalue weighted by atomic mass is 15.1. The van der Waals surface area contributed by atoms with Gasteiger partial charge in [-0.25, -0.2) is 4.98 Å². The average Bonchev–Trinajstić information content (AvgIpc) is 3.00. The maximum atomic E-state index is 4.84. The molecular weight excluding hydrogens is 282 g/mol. The van der Waals surface area contributed by atoms with Gasteiger partial charge in [-0.2, -0.15) is 0 Å². The molecule has 0 radical (unpaired) electrons. The van der Waals surface area contributed by atoms with Gasteiger partial charge >= 0.3 is 0 Å². The summed E-state index contributed by atoms with van der Waals surface area (Å²) in [4.78, 5) is 9.26. The molecule has 0 bridgehead atoms. The Morgan fingerprint density at radius 3 is 2.39 bits per heavy atom. The summed E-state index contributed by atoms with van der Waals surface area (Å²) in [5.41, 5.74) is 4.45. The van der Waals surface area contributed by atoms with Gasteiger partial charge in [-0.3, -0.25) is 4.98 Å². The number of fused-ring (bicyclic) bond motifs is 1. The Morgan fingerprint density at radius 2 is 1.57 bits per heavy atom. The van der Waals surface area contributed by atoms with Crippen molar-refractivity contribution in [3.8, 4) is 11.4 Å². The first-order valence-electron chi connectivity index (χ1n) is 7.82. The molecule has 0 amide bonds. The molecule has 0 spiro atoms. The third-order valence-corrected chi connectivity index (χ3v) is 4.00. The number of para-hydroxylation sites is 2. The molecule has 0 saturated carbocycles. The second-order valence-corrected chi connectivity index (χ2v) is 5.51. The normalized spacial score (nSPS) is 11.0. The maximum absolute atomic E-state index is 4.84. The lowest BCUT2D eigenvalue weighted by molar-refractivity contribution is 0.710. The molecule has 0 aliphatic carbocycles. The van der Waals surface area contributed by atoms with Gasteiger partial charge in [-0.1, -0.05) is 48.5 Å². The fourth-order valence-electron chi connectivity index (χ4n) is 2.88. The summed E-state index contributed by atoms with van der Waals surface area (Å²) < 4.78 is 2.29. The van der Waals surface area contributed by atoms with E-state index in [1.165, 1.54) is 5.52 Å². The lowest BCUT2D eigenvalue weighted by atomic mass is 10.2. The van der Waals surface area contributed by atoms with Crippen LogP contribution in [0.4, 0.5) is 0 Å². The van der Waals surface area contributed by atoms with E-state index in [0.717, 1.165) is 35.6 Å². The largest absolute Gasteiger partial charge is 0.324 e. The highest BCUT2D eigenvalue weighted by Gasteiger charge is 2.12. The minimum absolute atomic E-state index is 0.863. The van der Waals surface area contributed by atoms with Crippen LogP contribution in [0.25, 0.3) is 22.4 Å². The van der Waals surface area contributed by atoms with E-state index in [9.17, 15) is 0 Å². The minimum atomic E-state index is 0.863. The van der Waals surface area contributed by atoms with Crippen molar-refractivity contribution in [2.75, 3.05) is 0 Å². The van der Waals surface area contributed by atoms with Crippen LogP contribution in [-0.4, -0.2) is 14.5 Å². The van der Waals surface area contributed by atoms with Crippen molar-refractivity contribution in [1.82, 2.24) is 14.5 Å². The highest BCUT2D eigenvalue weighted by molar-refractivity contribution is 5.80. The van der Waals surface area contributed by atoms with E-state index in [-0.39, 0.29) is 0 Å². The number of rotatable bonds is 4. The zero-order valence-corrected chi connectivity index (χ0v) is 12.8. The molecule has 4 rings (SSSR count). The Morgan fingerprint density at radius 1 is 0.783 bits per heavy atom. The van der Waals surface area contributed by atoms with Crippen molar-refractivity contribution in [2.24, 2.45) is 0 Å². The van der Waals surface area contributed by atoms with Crippen LogP contribution in [0.5, 0.6) is 0 Å². The van der Waals surface area contributed by atoms with Gasteiger partial charge in [0.2, 0.25) is 0 Å². The molecule has 4 aromatic rings. The predicted octanol–water partition coefficient (Wildman–Crippen LogP) is 4.34. The third-order valence-electron chi connectivity index (χ3n) is 4.00. The summed E-state index contributed by atoms with van der Waals surface area (Å²) in [7, 11) is 0. The number of hydrogen-bond donors (Lipinski definition) is 0. The molecule has 3 heteroatoms. The average molecular weight is 299 g/mol. The topological polar surface area (TPSA) is 30.7 Å². The van der Waals surface area contributed by atoms with Crippen LogP contribution in [0.15, 0.2) is 79.0 Å². The summed E-state index contributed by atoms with van der Waals surface area (Å²) in [6.07, 6.45) is 2.74. The first kappa shape index (κ1) is 13.7. The third kappa shape index (κ3) is 2.73. The van der Waals surface area contributed by atoms with E-state index in [1.54, 1.807) is 0 Å². The molecule has 0 unspecified atom stereocenters. The van der Waals surface area contributed by atoms with Crippen LogP contribution in [0.2, 0.25) is 0 Å². The Kier molecular flexibility index (Phi) is 3.60. The molecule has 0 fully saturated rings. The predicted molar refractivity (Wildman–Crippen MR) is 93.1 cm³/mol. The van der Waals surface area contributed by atoms with Crippen LogP contribution in [0.1, 0.15) is 5.69 Å². The van der Waals surface area contributed by atoms with Crippen LogP contribution >= 0.6 is 0 Å². The Bertz CT molecular complexity index is 911. The van der Waals surface area contributed by atoms with Crippen molar-refractivity contribution in [3.05, 3.63) is 84.7 Å². The van der Waals surface area contributed by atoms with Crippen LogP contribution in [0.3, 0.4) is 0 Å². The number of hydrogen-bond acceptors (Lipinski definition) is 2. The van der Waals surface area contributed by atoms with E-state index in [2.05, 4.69) is 58.1 Å². The van der Waals surface area contributed by atoms with Crippen molar-refractivity contribution in [2.45, 2.75) is 13.0 Å². The molecular formula is C20H17N3. The molecule has 0 aliphatic heterocycles. The van der Waals surface area contributed by atoms with Crippen molar-refractivity contribution in [1.29, 1.82) is 0 Å². The number of pyridine rings is 1. The van der Waals surface area contributed by atoms with E-state index in [4.69, 9.17) is 4.98 Å². The molecule has 2 heterocycles. The number of benzene rings is 2. The first-order valence-corrected chi connectivity index (χ1v) is 7.82. The van der Waals surface area contributed by atoms with Crippen molar-refractivity contribution < 1.29 is 0 Å². The number of aromatic nitrogens is 3. The smallest absolute Gasteiger partial charge is 0.141 e. The molecule has 112 valence electrons. The highest BCUT2D eigenvalue weighted by Crippen LogP contribution is 2.24. The molecule has 2 aromatic carbocycles. The zero-order chi connectivity index (χ0) is 15.5. The fraction of sp³-hybridized carbons (Fsp3) is 0.100. The lowest BCUT2D eigenvalue weighted by Gasteiger charge is -2.09. The Balaban J connectivity index is 1.77. The van der Waals surface area contributed by atoms with Crippen molar-refractivity contribution in [3.63, 3.8) is 0 Å². The van der Waals surface area contributed by atoms with E-state index in [1.807, 2.05) is 30.5 Å². The van der Waals surface area contributed by atoms with Crippen LogP contribution < -0.4 is 0 Å². The molecule has 2 aromatic heterocycles. The summed E-state index contributed by atoms with van der Waals surface area (Å²) in [5.74, 6) is 1.02. The second kappa shape index (κ2) is 6.05. The van der Waals surface area contributed by atoms with E-state index in [0.29, 0.717) is 0 Å². The molecule has 23 heavy (non-hydrogen) atoms. The number of aryl methyl sites for hydroxylation is 2. The molecule has 0 aliphatic rings. The fourth-order valence-corrected chi connectivity index (χ4v) is 2.88. The molecule has 0 atom stereocenters. The maximum Gasteiger partial charge on any atom is 0.141 e. The molecule has 0 saturated heterocycles. The van der Waals surface area contributed by atoms with Gasteiger partial charge in [0.05, 0.1) is 11.0 Å². The van der Waals surface area contributed by atoms with Crippen molar-refractivity contribution >= 4 is 11.0 Å².